The summed E-state index contributed by atoms with van der Waals surface area (Å²) in [5, 5.41) is 0. The summed E-state index contributed by atoms with van der Waals surface area (Å²) < 4.78 is 22.1. The Kier molecular flexibility index (Phi) is 3.09. The highest BCUT2D eigenvalue weighted by Gasteiger charge is 2.28. The van der Waals surface area contributed by atoms with Gasteiger partial charge in [0, 0.05) is 0 Å². The monoisotopic (exact) mass is 193 g/mol. The molecule has 0 aromatic heterocycles. The van der Waals surface area contributed by atoms with E-state index in [1.54, 1.807) is 0 Å². The van der Waals surface area contributed by atoms with Crippen LogP contribution in [0, 0.1) is 5.92 Å². The number of hydrogen-bond donors (Lipinski definition) is 1. The minimum Gasteiger partial charge on any atom is -0.302 e. The van der Waals surface area contributed by atoms with Crippen LogP contribution in [-0.2, 0) is 14.7 Å². The Bertz CT molecular complexity index is 237. The number of nitrogens with two attached hydrogens (primary N) is 1. The minimum atomic E-state index is -2.75. The van der Waals surface area contributed by atoms with Gasteiger partial charge in [0.05, 0.1) is 17.6 Å². The average molecular weight is 193 g/mol. The lowest BCUT2D eigenvalue weighted by Gasteiger charge is -2.12. The Morgan fingerprint density at radius 3 is 2.75 bits per heavy atom. The van der Waals surface area contributed by atoms with Gasteiger partial charge in [0.25, 0.3) is 0 Å². The molecule has 0 radical (unpaired) electrons. The molecule has 4 nitrogen and oxygen atoms in total. The van der Waals surface area contributed by atoms with Crippen LogP contribution in [-0.4, -0.2) is 26.0 Å². The Labute approximate surface area is 73.0 Å². The van der Waals surface area contributed by atoms with E-state index >= 15 is 0 Å². The van der Waals surface area contributed by atoms with Crippen molar-refractivity contribution in [3.05, 3.63) is 0 Å². The van der Waals surface area contributed by atoms with Crippen LogP contribution in [0.25, 0.3) is 0 Å². The average Bonchev–Trinajstić information content (AvgIpc) is 2.30. The Morgan fingerprint density at radius 1 is 1.67 bits per heavy atom. The van der Waals surface area contributed by atoms with Crippen molar-refractivity contribution >= 4 is 9.84 Å². The third-order valence-electron chi connectivity index (χ3n) is 2.22. The predicted molar refractivity (Wildman–Crippen MR) is 46.1 cm³/mol. The molecule has 2 N–H and O–H groups in total. The van der Waals surface area contributed by atoms with Gasteiger partial charge in [-0.05, 0) is 25.7 Å². The lowest BCUT2D eigenvalue weighted by molar-refractivity contribution is 0.0511. The predicted octanol–water partition coefficient (Wildman–Crippen LogP) is 0.0900. The largest absolute Gasteiger partial charge is 0.302 e. The van der Waals surface area contributed by atoms with Crippen LogP contribution in [0.5, 0.6) is 0 Å². The highest BCUT2D eigenvalue weighted by Crippen LogP contribution is 2.23. The van der Waals surface area contributed by atoms with Crippen molar-refractivity contribution in [2.24, 2.45) is 11.8 Å². The van der Waals surface area contributed by atoms with Crippen molar-refractivity contribution in [1.29, 1.82) is 0 Å². The Hall–Kier alpha value is -0.130. The van der Waals surface area contributed by atoms with E-state index in [4.69, 9.17) is 5.90 Å². The van der Waals surface area contributed by atoms with Crippen molar-refractivity contribution in [3.63, 3.8) is 0 Å². The molecule has 1 aliphatic heterocycles. The van der Waals surface area contributed by atoms with Crippen molar-refractivity contribution in [2.75, 3.05) is 11.5 Å². The first kappa shape index (κ1) is 9.95. The molecule has 0 aromatic carbocycles. The normalized spacial score (nSPS) is 30.3. The number of sulfone groups is 1. The van der Waals surface area contributed by atoms with E-state index < -0.39 is 9.84 Å². The first-order valence-electron chi connectivity index (χ1n) is 4.09. The van der Waals surface area contributed by atoms with Crippen molar-refractivity contribution in [1.82, 2.24) is 0 Å². The zero-order chi connectivity index (χ0) is 9.19. The first-order chi connectivity index (χ1) is 5.53. The van der Waals surface area contributed by atoms with Crippen LogP contribution in [0.3, 0.4) is 0 Å². The van der Waals surface area contributed by atoms with E-state index in [2.05, 4.69) is 4.84 Å². The smallest absolute Gasteiger partial charge is 0.150 e. The van der Waals surface area contributed by atoms with Gasteiger partial charge in [0.2, 0.25) is 0 Å². The molecule has 72 valence electrons. The van der Waals surface area contributed by atoms with Crippen LogP contribution in [0.4, 0.5) is 0 Å². The molecular weight excluding hydrogens is 178 g/mol. The summed E-state index contributed by atoms with van der Waals surface area (Å²) in [6.45, 7) is 1.85. The van der Waals surface area contributed by atoms with E-state index in [0.29, 0.717) is 11.5 Å². The van der Waals surface area contributed by atoms with Gasteiger partial charge in [0.1, 0.15) is 0 Å². The fourth-order valence-corrected chi connectivity index (χ4v) is 3.46. The molecule has 5 heteroatoms. The summed E-state index contributed by atoms with van der Waals surface area (Å²) in [4.78, 5) is 4.59. The SMILES string of the molecule is CC(CC1CCS(=O)(=O)C1)ON. The maximum atomic E-state index is 11.0. The van der Waals surface area contributed by atoms with E-state index in [1.165, 1.54) is 0 Å². The van der Waals surface area contributed by atoms with E-state index in [0.717, 1.165) is 12.8 Å². The maximum absolute atomic E-state index is 11.0. The third-order valence-corrected chi connectivity index (χ3v) is 4.06. The highest BCUT2D eigenvalue weighted by molar-refractivity contribution is 7.91. The Balaban J connectivity index is 2.38. The van der Waals surface area contributed by atoms with E-state index in [9.17, 15) is 8.42 Å². The molecule has 0 bridgehead atoms. The molecule has 0 aromatic rings. The highest BCUT2D eigenvalue weighted by atomic mass is 32.2. The topological polar surface area (TPSA) is 69.4 Å². The molecule has 1 saturated heterocycles. The van der Waals surface area contributed by atoms with Gasteiger partial charge in [-0.15, -0.1) is 0 Å². The van der Waals surface area contributed by atoms with E-state index in [-0.39, 0.29) is 12.0 Å². The van der Waals surface area contributed by atoms with Gasteiger partial charge in [-0.1, -0.05) is 0 Å². The molecule has 1 fully saturated rings. The summed E-state index contributed by atoms with van der Waals surface area (Å²) >= 11 is 0. The maximum Gasteiger partial charge on any atom is 0.150 e. The fourth-order valence-electron chi connectivity index (χ4n) is 1.58. The van der Waals surface area contributed by atoms with Gasteiger partial charge < -0.3 is 4.84 Å². The lowest BCUT2D eigenvalue weighted by Crippen LogP contribution is -2.18. The molecule has 0 aliphatic carbocycles. The van der Waals surface area contributed by atoms with E-state index in [1.807, 2.05) is 6.92 Å². The second-order valence-electron chi connectivity index (χ2n) is 3.45. The zero-order valence-electron chi connectivity index (χ0n) is 7.19. The van der Waals surface area contributed by atoms with Crippen molar-refractivity contribution in [2.45, 2.75) is 25.9 Å². The summed E-state index contributed by atoms with van der Waals surface area (Å²) in [6.07, 6.45) is 1.47. The van der Waals surface area contributed by atoms with Gasteiger partial charge >= 0.3 is 0 Å². The van der Waals surface area contributed by atoms with Crippen LogP contribution in [0.15, 0.2) is 0 Å². The molecule has 1 rings (SSSR count). The van der Waals surface area contributed by atoms with Crippen LogP contribution < -0.4 is 5.90 Å². The zero-order valence-corrected chi connectivity index (χ0v) is 8.01. The second-order valence-corrected chi connectivity index (χ2v) is 5.68. The number of rotatable bonds is 3. The summed E-state index contributed by atoms with van der Waals surface area (Å²) in [5.74, 6) is 5.85. The van der Waals surface area contributed by atoms with Gasteiger partial charge in [0.15, 0.2) is 9.84 Å². The quantitative estimate of drug-likeness (QED) is 0.645. The first-order valence-corrected chi connectivity index (χ1v) is 5.91. The van der Waals surface area contributed by atoms with Crippen molar-refractivity contribution in [3.8, 4) is 0 Å². The second kappa shape index (κ2) is 3.72. The van der Waals surface area contributed by atoms with Crippen LogP contribution >= 0.6 is 0 Å². The molecule has 12 heavy (non-hydrogen) atoms. The van der Waals surface area contributed by atoms with Gasteiger partial charge in [-0.25, -0.2) is 14.3 Å². The number of hydrogen-bond acceptors (Lipinski definition) is 4. The van der Waals surface area contributed by atoms with Crippen LogP contribution in [0.1, 0.15) is 19.8 Å². The fraction of sp³-hybridized carbons (Fsp3) is 1.00. The molecule has 1 aliphatic rings. The Morgan fingerprint density at radius 2 is 2.33 bits per heavy atom. The standard InChI is InChI=1S/C7H15NO3S/c1-6(11-8)4-7-2-3-12(9,10)5-7/h6-7H,2-5,8H2,1H3. The van der Waals surface area contributed by atoms with Crippen LogP contribution in [0.2, 0.25) is 0 Å². The molecule has 2 atom stereocenters. The third kappa shape index (κ3) is 2.73. The lowest BCUT2D eigenvalue weighted by atomic mass is 10.0. The summed E-state index contributed by atoms with van der Waals surface area (Å²) in [7, 11) is -2.75. The van der Waals surface area contributed by atoms with Crippen molar-refractivity contribution < 1.29 is 13.3 Å². The molecule has 0 spiro atoms. The minimum absolute atomic E-state index is 0.0386. The summed E-state index contributed by atoms with van der Waals surface area (Å²) in [5.41, 5.74) is 0. The molecule has 1 heterocycles. The molecule has 0 saturated carbocycles. The van der Waals surface area contributed by atoms with Gasteiger partial charge in [-0.3, -0.25) is 0 Å². The molecule has 2 unspecified atom stereocenters. The molecule has 0 amide bonds. The summed E-state index contributed by atoms with van der Waals surface area (Å²) in [6, 6.07) is 0. The van der Waals surface area contributed by atoms with Gasteiger partial charge in [-0.2, -0.15) is 0 Å². The molecular formula is C7H15NO3S.